The number of carbonyl (C=O) groups excluding carboxylic acids is 1. The van der Waals surface area contributed by atoms with Gasteiger partial charge < -0.3 is 4.74 Å². The first-order chi connectivity index (χ1) is 17.2. The van der Waals surface area contributed by atoms with Gasteiger partial charge in [-0.25, -0.2) is 28.0 Å². The largest absolute Gasteiger partial charge is 0.461 e. The predicted molar refractivity (Wildman–Crippen MR) is 143 cm³/mol. The van der Waals surface area contributed by atoms with E-state index in [0.717, 1.165) is 32.6 Å². The molecule has 2 aromatic heterocycles. The first kappa shape index (κ1) is 26.0. The van der Waals surface area contributed by atoms with E-state index in [1.165, 1.54) is 23.5 Å². The van der Waals surface area contributed by atoms with Crippen LogP contribution >= 0.6 is 27.3 Å². The Morgan fingerprint density at radius 1 is 1.25 bits per heavy atom. The number of hydrogen-bond donors (Lipinski definition) is 1. The van der Waals surface area contributed by atoms with Crippen molar-refractivity contribution in [2.24, 2.45) is 5.14 Å². The lowest BCUT2D eigenvalue weighted by molar-refractivity contribution is 0.0520. The van der Waals surface area contributed by atoms with Gasteiger partial charge in [-0.1, -0.05) is 46.3 Å². The number of esters is 1. The molecule has 0 aliphatic heterocycles. The summed E-state index contributed by atoms with van der Waals surface area (Å²) >= 11 is 4.82. The molecule has 8 nitrogen and oxygen atoms in total. The molecule has 0 aliphatic rings. The van der Waals surface area contributed by atoms with Crippen LogP contribution < -0.4 is 5.14 Å². The lowest BCUT2D eigenvalue weighted by Gasteiger charge is -2.08. The minimum Gasteiger partial charge on any atom is -0.461 e. The Balaban J connectivity index is 1.86. The zero-order valence-corrected chi connectivity index (χ0v) is 22.6. The molecular weight excluding hydrogens is 564 g/mol. The Hall–Kier alpha value is -3.12. The zero-order chi connectivity index (χ0) is 25.9. The summed E-state index contributed by atoms with van der Waals surface area (Å²) in [6.45, 7) is 5.91. The van der Waals surface area contributed by atoms with Gasteiger partial charge in [0.15, 0.2) is 5.69 Å². The van der Waals surface area contributed by atoms with Crippen molar-refractivity contribution < 1.29 is 17.9 Å². The van der Waals surface area contributed by atoms with E-state index < -0.39 is 16.0 Å². The summed E-state index contributed by atoms with van der Waals surface area (Å²) in [4.78, 5) is 16.7. The van der Waals surface area contributed by atoms with Crippen molar-refractivity contribution in [3.8, 4) is 16.4 Å². The van der Waals surface area contributed by atoms with Gasteiger partial charge in [0.25, 0.3) is 0 Å². The molecule has 186 valence electrons. The van der Waals surface area contributed by atoms with Gasteiger partial charge in [-0.2, -0.15) is 5.10 Å². The number of benzene rings is 2. The number of nitrogens with zero attached hydrogens (tertiary/aromatic N) is 3. The molecule has 2 aromatic carbocycles. The Bertz CT molecular complexity index is 1530. The Labute approximate surface area is 221 Å². The summed E-state index contributed by atoms with van der Waals surface area (Å²) in [6, 6.07) is 14.3. The molecule has 11 heteroatoms. The molecule has 0 fully saturated rings. The molecule has 0 atom stereocenters. The summed E-state index contributed by atoms with van der Waals surface area (Å²) in [7, 11) is -3.79. The number of primary sulfonamides is 1. The molecule has 0 unspecified atom stereocenters. The van der Waals surface area contributed by atoms with E-state index in [1.54, 1.807) is 35.2 Å². The number of hydrogen-bond acceptors (Lipinski definition) is 7. The molecule has 0 saturated carbocycles. The molecule has 2 heterocycles. The summed E-state index contributed by atoms with van der Waals surface area (Å²) in [5.41, 5.74) is 4.55. The van der Waals surface area contributed by atoms with Crippen LogP contribution in [0, 0.1) is 0 Å². The number of halogens is 1. The fourth-order valence-electron chi connectivity index (χ4n) is 3.70. The van der Waals surface area contributed by atoms with Crippen molar-refractivity contribution in [3.05, 3.63) is 93.6 Å². The summed E-state index contributed by atoms with van der Waals surface area (Å²) in [5, 5.41) is 12.3. The van der Waals surface area contributed by atoms with Crippen LogP contribution in [-0.2, 0) is 27.6 Å². The minimum atomic E-state index is -3.79. The third-order valence-electron chi connectivity index (χ3n) is 5.32. The van der Waals surface area contributed by atoms with Crippen LogP contribution in [0.25, 0.3) is 16.4 Å². The number of thiazole rings is 1. The van der Waals surface area contributed by atoms with Crippen LogP contribution in [0.1, 0.15) is 34.2 Å². The van der Waals surface area contributed by atoms with Crippen LogP contribution in [0.5, 0.6) is 0 Å². The first-order valence-electron chi connectivity index (χ1n) is 10.9. The summed E-state index contributed by atoms with van der Waals surface area (Å²) in [5.74, 6) is -0.486. The van der Waals surface area contributed by atoms with Crippen molar-refractivity contribution in [3.63, 3.8) is 0 Å². The van der Waals surface area contributed by atoms with Gasteiger partial charge in [-0.3, -0.25) is 0 Å². The molecule has 4 aromatic rings. The van der Waals surface area contributed by atoms with Gasteiger partial charge in [0.05, 0.1) is 22.9 Å². The standard InChI is InChI=1S/C25H23BrN4O4S2/c1-3-6-22-20(13-16-9-11-19(12-10-16)36(27,32)33)23(17-7-5-8-18(26)14-17)29-30(22)25-28-21(15-35-25)24(31)34-4-2/h3,5,7-12,14-15H,1,4,6,13H2,2H3,(H2,27,32,33). The highest BCUT2D eigenvalue weighted by Gasteiger charge is 2.23. The number of ether oxygens (including phenoxy) is 1. The van der Waals surface area contributed by atoms with Crippen molar-refractivity contribution in [1.82, 2.24) is 14.8 Å². The van der Waals surface area contributed by atoms with Crippen LogP contribution in [0.4, 0.5) is 0 Å². The highest BCUT2D eigenvalue weighted by Crippen LogP contribution is 2.32. The van der Waals surface area contributed by atoms with E-state index in [2.05, 4.69) is 27.5 Å². The lowest BCUT2D eigenvalue weighted by atomic mass is 9.98. The van der Waals surface area contributed by atoms with E-state index in [4.69, 9.17) is 15.0 Å². The second-order valence-electron chi connectivity index (χ2n) is 7.79. The fourth-order valence-corrected chi connectivity index (χ4v) is 5.39. The molecule has 4 rings (SSSR count). The van der Waals surface area contributed by atoms with Gasteiger partial charge in [0.1, 0.15) is 0 Å². The predicted octanol–water partition coefficient (Wildman–Crippen LogP) is 4.90. The molecular formula is C25H23BrN4O4S2. The van der Waals surface area contributed by atoms with Gasteiger partial charge in [-0.05, 0) is 36.8 Å². The maximum Gasteiger partial charge on any atom is 0.357 e. The van der Waals surface area contributed by atoms with Gasteiger partial charge in [0.2, 0.25) is 15.2 Å². The lowest BCUT2D eigenvalue weighted by Crippen LogP contribution is -2.12. The number of nitrogens with two attached hydrogens (primary N) is 1. The number of sulfonamides is 1. The molecule has 0 spiro atoms. The minimum absolute atomic E-state index is 0.0507. The second kappa shape index (κ2) is 10.9. The maximum atomic E-state index is 12.2. The van der Waals surface area contributed by atoms with E-state index in [0.29, 0.717) is 18.0 Å². The highest BCUT2D eigenvalue weighted by molar-refractivity contribution is 9.10. The highest BCUT2D eigenvalue weighted by atomic mass is 79.9. The monoisotopic (exact) mass is 586 g/mol. The molecule has 0 radical (unpaired) electrons. The van der Waals surface area contributed by atoms with Crippen molar-refractivity contribution in [2.75, 3.05) is 6.61 Å². The molecule has 0 amide bonds. The maximum absolute atomic E-state index is 12.2. The van der Waals surface area contributed by atoms with Crippen LogP contribution in [0.3, 0.4) is 0 Å². The molecule has 2 N–H and O–H groups in total. The number of aromatic nitrogens is 3. The number of rotatable bonds is 9. The SMILES string of the molecule is C=CCc1c(Cc2ccc(S(N)(=O)=O)cc2)c(-c2cccc(Br)c2)nn1-c1nc(C(=O)OCC)cs1. The summed E-state index contributed by atoms with van der Waals surface area (Å²) in [6.07, 6.45) is 2.76. The second-order valence-corrected chi connectivity index (χ2v) is 11.1. The average Bonchev–Trinajstić information content (AvgIpc) is 3.45. The molecule has 0 aliphatic carbocycles. The van der Waals surface area contributed by atoms with Crippen molar-refractivity contribution in [2.45, 2.75) is 24.7 Å². The summed E-state index contributed by atoms with van der Waals surface area (Å²) < 4.78 is 31.1. The Kier molecular flexibility index (Phi) is 7.84. The van der Waals surface area contributed by atoms with Gasteiger partial charge in [-0.15, -0.1) is 17.9 Å². The first-order valence-corrected chi connectivity index (χ1v) is 14.2. The van der Waals surface area contributed by atoms with E-state index in [1.807, 2.05) is 24.3 Å². The van der Waals surface area contributed by atoms with Gasteiger partial charge in [0, 0.05) is 33.8 Å². The molecule has 36 heavy (non-hydrogen) atoms. The molecule has 0 saturated heterocycles. The Morgan fingerprint density at radius 3 is 2.64 bits per heavy atom. The van der Waals surface area contributed by atoms with Crippen molar-refractivity contribution >= 4 is 43.3 Å². The number of carbonyl (C=O) groups is 1. The van der Waals surface area contributed by atoms with Crippen molar-refractivity contribution in [1.29, 1.82) is 0 Å². The van der Waals surface area contributed by atoms with Crippen LogP contribution in [-0.4, -0.2) is 35.8 Å². The zero-order valence-electron chi connectivity index (χ0n) is 19.3. The van der Waals surface area contributed by atoms with Gasteiger partial charge >= 0.3 is 5.97 Å². The quantitative estimate of drug-likeness (QED) is 0.220. The normalized spacial score (nSPS) is 11.4. The molecule has 0 bridgehead atoms. The van der Waals surface area contributed by atoms with Crippen LogP contribution in [0.15, 0.2) is 75.9 Å². The third kappa shape index (κ3) is 5.65. The smallest absolute Gasteiger partial charge is 0.357 e. The van der Waals surface area contributed by atoms with E-state index >= 15 is 0 Å². The van der Waals surface area contributed by atoms with E-state index in [9.17, 15) is 13.2 Å². The Morgan fingerprint density at radius 2 is 2.00 bits per heavy atom. The topological polar surface area (TPSA) is 117 Å². The average molecular weight is 588 g/mol. The third-order valence-corrected chi connectivity index (χ3v) is 7.55. The number of allylic oxidation sites excluding steroid dienone is 1. The van der Waals surface area contributed by atoms with Crippen LogP contribution in [0.2, 0.25) is 0 Å². The fraction of sp³-hybridized carbons (Fsp3) is 0.160. The van der Waals surface area contributed by atoms with E-state index in [-0.39, 0.29) is 17.2 Å².